The van der Waals surface area contributed by atoms with Crippen molar-refractivity contribution in [2.45, 2.75) is 24.9 Å². The quantitative estimate of drug-likeness (QED) is 0.692. The molecular formula is C21H18F2N4. The van der Waals surface area contributed by atoms with E-state index in [1.807, 2.05) is 4.90 Å². The maximum Gasteiger partial charge on any atom is 0.152 e. The van der Waals surface area contributed by atoms with Gasteiger partial charge in [-0.25, -0.2) is 13.8 Å². The molecule has 0 amide bonds. The Morgan fingerprint density at radius 2 is 1.52 bits per heavy atom. The Hall–Kier alpha value is -3.15. The van der Waals surface area contributed by atoms with Gasteiger partial charge < -0.3 is 4.90 Å². The van der Waals surface area contributed by atoms with E-state index in [1.54, 1.807) is 49.2 Å². The highest BCUT2D eigenvalue weighted by Crippen LogP contribution is 2.44. The summed E-state index contributed by atoms with van der Waals surface area (Å²) in [6.45, 7) is 2.06. The van der Waals surface area contributed by atoms with Gasteiger partial charge in [-0.15, -0.1) is 0 Å². The molecule has 2 aromatic carbocycles. The first-order valence-electron chi connectivity index (χ1n) is 8.77. The summed E-state index contributed by atoms with van der Waals surface area (Å²) < 4.78 is 27.1. The molecule has 0 saturated carbocycles. The zero-order valence-electron chi connectivity index (χ0n) is 14.8. The molecule has 1 unspecified atom stereocenters. The summed E-state index contributed by atoms with van der Waals surface area (Å²) in [6, 6.07) is 12.5. The van der Waals surface area contributed by atoms with Gasteiger partial charge in [0.15, 0.2) is 5.82 Å². The monoisotopic (exact) mass is 364 g/mol. The van der Waals surface area contributed by atoms with Crippen molar-refractivity contribution in [1.82, 2.24) is 9.97 Å². The lowest BCUT2D eigenvalue weighted by molar-refractivity contribution is 0.438. The Morgan fingerprint density at radius 1 is 0.926 bits per heavy atom. The van der Waals surface area contributed by atoms with Gasteiger partial charge in [-0.05, 0) is 41.8 Å². The molecule has 3 aromatic rings. The fourth-order valence-corrected chi connectivity index (χ4v) is 3.77. The summed E-state index contributed by atoms with van der Waals surface area (Å²) >= 11 is 0. The SMILES string of the molecule is CCC1N(c2cnccn2)C=NC1(c1ccc(F)cc1)c1ccc(F)cc1. The van der Waals surface area contributed by atoms with Crippen molar-refractivity contribution in [3.8, 4) is 0 Å². The average Bonchev–Trinajstić information content (AvgIpc) is 3.10. The summed E-state index contributed by atoms with van der Waals surface area (Å²) in [5.41, 5.74) is 0.878. The lowest BCUT2D eigenvalue weighted by Crippen LogP contribution is -2.44. The van der Waals surface area contributed by atoms with Gasteiger partial charge in [0.1, 0.15) is 17.2 Å². The molecule has 1 aromatic heterocycles. The maximum absolute atomic E-state index is 13.6. The number of aromatic nitrogens is 2. The van der Waals surface area contributed by atoms with Crippen LogP contribution in [-0.2, 0) is 5.54 Å². The molecule has 1 atom stereocenters. The molecule has 0 saturated heterocycles. The lowest BCUT2D eigenvalue weighted by Gasteiger charge is -2.37. The molecule has 0 aliphatic carbocycles. The second kappa shape index (κ2) is 6.87. The van der Waals surface area contributed by atoms with Crippen LogP contribution in [0, 0.1) is 11.6 Å². The van der Waals surface area contributed by atoms with Crippen LogP contribution in [0.1, 0.15) is 24.5 Å². The number of aliphatic imine (C=N–C) groups is 1. The number of hydrogen-bond donors (Lipinski definition) is 0. The Kier molecular flexibility index (Phi) is 4.39. The molecule has 0 fully saturated rings. The van der Waals surface area contributed by atoms with E-state index < -0.39 is 5.54 Å². The van der Waals surface area contributed by atoms with Gasteiger partial charge in [0.25, 0.3) is 0 Å². The van der Waals surface area contributed by atoms with E-state index in [2.05, 4.69) is 16.9 Å². The first-order chi connectivity index (χ1) is 13.1. The maximum atomic E-state index is 13.6. The van der Waals surface area contributed by atoms with Crippen LogP contribution in [0.15, 0.2) is 72.1 Å². The molecule has 27 heavy (non-hydrogen) atoms. The molecule has 0 bridgehead atoms. The third-order valence-electron chi connectivity index (χ3n) is 4.97. The first-order valence-corrected chi connectivity index (χ1v) is 8.77. The van der Waals surface area contributed by atoms with Gasteiger partial charge in [0, 0.05) is 12.4 Å². The Morgan fingerprint density at radius 3 is 2.00 bits per heavy atom. The van der Waals surface area contributed by atoms with E-state index in [9.17, 15) is 8.78 Å². The highest BCUT2D eigenvalue weighted by Gasteiger charge is 2.48. The molecule has 1 aliphatic rings. The smallest absolute Gasteiger partial charge is 0.152 e. The van der Waals surface area contributed by atoms with E-state index >= 15 is 0 Å². The molecule has 2 heterocycles. The van der Waals surface area contributed by atoms with E-state index in [0.717, 1.165) is 17.5 Å². The number of nitrogens with zero attached hydrogens (tertiary/aromatic N) is 4. The second-order valence-electron chi connectivity index (χ2n) is 6.42. The van der Waals surface area contributed by atoms with Crippen LogP contribution >= 0.6 is 0 Å². The Labute approximate surface area is 156 Å². The molecule has 0 spiro atoms. The van der Waals surface area contributed by atoms with Crippen molar-refractivity contribution in [2.75, 3.05) is 4.90 Å². The number of halogens is 2. The van der Waals surface area contributed by atoms with Gasteiger partial charge in [-0.3, -0.25) is 9.98 Å². The molecule has 0 N–H and O–H groups in total. The normalized spacial score (nSPS) is 18.0. The second-order valence-corrected chi connectivity index (χ2v) is 6.42. The first kappa shape index (κ1) is 17.3. The molecule has 4 nitrogen and oxygen atoms in total. The zero-order chi connectivity index (χ0) is 18.9. The number of benzene rings is 2. The lowest BCUT2D eigenvalue weighted by atomic mass is 9.76. The highest BCUT2D eigenvalue weighted by molar-refractivity contribution is 5.83. The molecule has 136 valence electrons. The van der Waals surface area contributed by atoms with Crippen LogP contribution in [0.2, 0.25) is 0 Å². The van der Waals surface area contributed by atoms with Crippen LogP contribution in [0.25, 0.3) is 0 Å². The summed E-state index contributed by atoms with van der Waals surface area (Å²) in [5.74, 6) is 0.0572. The summed E-state index contributed by atoms with van der Waals surface area (Å²) in [6.07, 6.45) is 7.41. The fourth-order valence-electron chi connectivity index (χ4n) is 3.77. The minimum Gasteiger partial charge on any atom is -0.310 e. The zero-order valence-corrected chi connectivity index (χ0v) is 14.8. The van der Waals surface area contributed by atoms with Gasteiger partial charge >= 0.3 is 0 Å². The predicted octanol–water partition coefficient (Wildman–Crippen LogP) is 4.33. The summed E-state index contributed by atoms with van der Waals surface area (Å²) in [4.78, 5) is 15.4. The largest absolute Gasteiger partial charge is 0.310 e. The highest BCUT2D eigenvalue weighted by atomic mass is 19.1. The van der Waals surface area contributed by atoms with Crippen LogP contribution in [0.5, 0.6) is 0 Å². The van der Waals surface area contributed by atoms with Crippen LogP contribution < -0.4 is 4.90 Å². The van der Waals surface area contributed by atoms with Crippen LogP contribution in [0.3, 0.4) is 0 Å². The van der Waals surface area contributed by atoms with Crippen molar-refractivity contribution >= 4 is 12.2 Å². The molecular weight excluding hydrogens is 346 g/mol. The number of hydrogen-bond acceptors (Lipinski definition) is 4. The third kappa shape index (κ3) is 2.87. The average molecular weight is 364 g/mol. The van der Waals surface area contributed by atoms with Gasteiger partial charge in [0.2, 0.25) is 0 Å². The van der Waals surface area contributed by atoms with Crippen molar-refractivity contribution in [3.63, 3.8) is 0 Å². The molecule has 0 radical (unpaired) electrons. The fraction of sp³-hybridized carbons (Fsp3) is 0.190. The van der Waals surface area contributed by atoms with E-state index in [0.29, 0.717) is 5.82 Å². The van der Waals surface area contributed by atoms with E-state index in [1.165, 1.54) is 24.3 Å². The van der Waals surface area contributed by atoms with Crippen molar-refractivity contribution in [3.05, 3.63) is 89.9 Å². The van der Waals surface area contributed by atoms with Gasteiger partial charge in [-0.1, -0.05) is 31.2 Å². The van der Waals surface area contributed by atoms with Gasteiger partial charge in [-0.2, -0.15) is 0 Å². The van der Waals surface area contributed by atoms with E-state index in [-0.39, 0.29) is 17.7 Å². The van der Waals surface area contributed by atoms with Crippen LogP contribution in [0.4, 0.5) is 14.6 Å². The Balaban J connectivity index is 1.89. The summed E-state index contributed by atoms with van der Waals surface area (Å²) in [7, 11) is 0. The third-order valence-corrected chi connectivity index (χ3v) is 4.97. The Bertz CT molecular complexity index is 895. The van der Waals surface area contributed by atoms with Crippen LogP contribution in [-0.4, -0.2) is 22.3 Å². The van der Waals surface area contributed by atoms with Crippen molar-refractivity contribution in [2.24, 2.45) is 4.99 Å². The molecule has 1 aliphatic heterocycles. The van der Waals surface area contributed by atoms with Gasteiger partial charge in [0.05, 0.1) is 18.6 Å². The predicted molar refractivity (Wildman–Crippen MR) is 101 cm³/mol. The van der Waals surface area contributed by atoms with E-state index in [4.69, 9.17) is 4.99 Å². The minimum absolute atomic E-state index is 0.120. The molecule has 4 rings (SSSR count). The standard InChI is InChI=1S/C21H18F2N4/c1-2-19-21(15-3-7-17(22)8-4-15,16-5-9-18(23)10-6-16)26-14-27(19)20-13-24-11-12-25-20/h3-14,19H,2H2,1H3. The molecule has 6 heteroatoms. The van der Waals surface area contributed by atoms with Crippen molar-refractivity contribution in [1.29, 1.82) is 0 Å². The minimum atomic E-state index is -0.798. The number of rotatable bonds is 4. The summed E-state index contributed by atoms with van der Waals surface area (Å²) in [5, 5.41) is 0. The van der Waals surface area contributed by atoms with Crippen molar-refractivity contribution < 1.29 is 8.78 Å². The topological polar surface area (TPSA) is 41.4 Å². The number of anilines is 1.